The number of nitrogens with one attached hydrogen (secondary N) is 1. The molecule has 8 heteroatoms. The van der Waals surface area contributed by atoms with E-state index >= 15 is 0 Å². The zero-order valence-corrected chi connectivity index (χ0v) is 15.8. The highest BCUT2D eigenvalue weighted by Gasteiger charge is 2.17. The molecule has 1 aromatic carbocycles. The van der Waals surface area contributed by atoms with Crippen LogP contribution in [0.3, 0.4) is 0 Å². The number of halogens is 2. The van der Waals surface area contributed by atoms with Gasteiger partial charge in [0.2, 0.25) is 0 Å². The molecular formula is C19H14ClFN4OS. The molecule has 0 saturated carbocycles. The third-order valence-corrected chi connectivity index (χ3v) is 5.31. The molecule has 0 atom stereocenters. The van der Waals surface area contributed by atoms with Crippen LogP contribution in [0.2, 0.25) is 5.02 Å². The Morgan fingerprint density at radius 3 is 3.00 bits per heavy atom. The van der Waals surface area contributed by atoms with E-state index in [0.717, 1.165) is 34.2 Å². The van der Waals surface area contributed by atoms with E-state index in [1.54, 1.807) is 11.6 Å². The van der Waals surface area contributed by atoms with Gasteiger partial charge in [0.15, 0.2) is 0 Å². The fourth-order valence-electron chi connectivity index (χ4n) is 2.81. The summed E-state index contributed by atoms with van der Waals surface area (Å²) in [6.07, 6.45) is 3.75. The molecule has 27 heavy (non-hydrogen) atoms. The normalized spacial score (nSPS) is 11.1. The number of anilines is 1. The van der Waals surface area contributed by atoms with Crippen molar-refractivity contribution in [2.24, 2.45) is 0 Å². The van der Waals surface area contributed by atoms with Crippen LogP contribution in [0.1, 0.15) is 17.4 Å². The van der Waals surface area contributed by atoms with Crippen LogP contribution in [-0.2, 0) is 6.54 Å². The van der Waals surface area contributed by atoms with Crippen molar-refractivity contribution in [1.29, 1.82) is 0 Å². The fraction of sp³-hybridized carbons (Fsp3) is 0.105. The van der Waals surface area contributed by atoms with Crippen molar-refractivity contribution in [2.45, 2.75) is 13.5 Å². The minimum absolute atomic E-state index is 0.135. The number of hydrogen-bond acceptors (Lipinski definition) is 4. The molecule has 0 bridgehead atoms. The summed E-state index contributed by atoms with van der Waals surface area (Å²) in [6.45, 7) is 2.83. The van der Waals surface area contributed by atoms with Crippen LogP contribution < -0.4 is 5.32 Å². The van der Waals surface area contributed by atoms with Crippen molar-refractivity contribution in [1.82, 2.24) is 14.5 Å². The Bertz CT molecular complexity index is 1150. The standard InChI is InChI=1S/C19H14ClFN4OS/c1-2-25-9-13(12-4-3-7-22-17(12)25)19-24-16(10-27-19)18(26)23-15-6-5-11(21)8-14(15)20/h3-10H,2H2,1H3,(H,23,26). The van der Waals surface area contributed by atoms with E-state index in [2.05, 4.69) is 15.3 Å². The molecule has 4 aromatic rings. The third-order valence-electron chi connectivity index (χ3n) is 4.12. The van der Waals surface area contributed by atoms with Crippen molar-refractivity contribution in [3.05, 3.63) is 64.6 Å². The number of pyridine rings is 1. The van der Waals surface area contributed by atoms with Gasteiger partial charge in [0, 0.05) is 35.3 Å². The van der Waals surface area contributed by atoms with Gasteiger partial charge in [0.25, 0.3) is 5.91 Å². The van der Waals surface area contributed by atoms with Gasteiger partial charge in [-0.25, -0.2) is 14.4 Å². The van der Waals surface area contributed by atoms with E-state index in [-0.39, 0.29) is 10.7 Å². The number of aryl methyl sites for hydroxylation is 1. The Morgan fingerprint density at radius 1 is 1.37 bits per heavy atom. The van der Waals surface area contributed by atoms with Crippen LogP contribution in [0.5, 0.6) is 0 Å². The average molecular weight is 401 g/mol. The van der Waals surface area contributed by atoms with E-state index in [1.807, 2.05) is 29.8 Å². The maximum atomic E-state index is 13.1. The van der Waals surface area contributed by atoms with Gasteiger partial charge in [-0.05, 0) is 37.3 Å². The molecule has 4 rings (SSSR count). The number of fused-ring (bicyclic) bond motifs is 1. The first-order valence-corrected chi connectivity index (χ1v) is 9.48. The highest BCUT2D eigenvalue weighted by atomic mass is 35.5. The van der Waals surface area contributed by atoms with E-state index in [9.17, 15) is 9.18 Å². The van der Waals surface area contributed by atoms with Crippen LogP contribution in [-0.4, -0.2) is 20.4 Å². The SMILES string of the molecule is CCn1cc(-c2nc(C(=O)Nc3ccc(F)cc3Cl)cs2)c2cccnc21. The predicted molar refractivity (Wildman–Crippen MR) is 106 cm³/mol. The summed E-state index contributed by atoms with van der Waals surface area (Å²) in [5.74, 6) is -0.863. The molecule has 0 aliphatic heterocycles. The molecule has 3 aromatic heterocycles. The van der Waals surface area contributed by atoms with Crippen molar-refractivity contribution in [3.63, 3.8) is 0 Å². The second kappa shape index (κ2) is 7.09. The van der Waals surface area contributed by atoms with Gasteiger partial charge in [0.1, 0.15) is 22.2 Å². The highest BCUT2D eigenvalue weighted by molar-refractivity contribution is 7.13. The van der Waals surface area contributed by atoms with E-state index in [1.165, 1.54) is 23.5 Å². The molecule has 0 aliphatic carbocycles. The molecule has 1 amide bonds. The summed E-state index contributed by atoms with van der Waals surface area (Å²) < 4.78 is 15.2. The minimum Gasteiger partial charge on any atom is -0.332 e. The number of nitrogens with zero attached hydrogens (tertiary/aromatic N) is 3. The Balaban J connectivity index is 1.65. The van der Waals surface area contributed by atoms with Gasteiger partial charge >= 0.3 is 0 Å². The Hall–Kier alpha value is -2.77. The van der Waals surface area contributed by atoms with Crippen molar-refractivity contribution in [3.8, 4) is 10.6 Å². The van der Waals surface area contributed by atoms with Crippen LogP contribution in [0, 0.1) is 5.82 Å². The number of carbonyl (C=O) groups is 1. The first kappa shape index (κ1) is 17.6. The number of hydrogen-bond donors (Lipinski definition) is 1. The van der Waals surface area contributed by atoms with Gasteiger partial charge in [-0.1, -0.05) is 11.6 Å². The third kappa shape index (κ3) is 3.31. The van der Waals surface area contributed by atoms with Gasteiger partial charge in [-0.15, -0.1) is 11.3 Å². The van der Waals surface area contributed by atoms with E-state index in [4.69, 9.17) is 11.6 Å². The summed E-state index contributed by atoms with van der Waals surface area (Å²) in [7, 11) is 0. The van der Waals surface area contributed by atoms with Gasteiger partial charge in [0.05, 0.1) is 10.7 Å². The topological polar surface area (TPSA) is 59.8 Å². The smallest absolute Gasteiger partial charge is 0.275 e. The maximum absolute atomic E-state index is 13.1. The van der Waals surface area contributed by atoms with Gasteiger partial charge in [-0.2, -0.15) is 0 Å². The molecule has 0 unspecified atom stereocenters. The fourth-order valence-corrected chi connectivity index (χ4v) is 3.85. The molecule has 3 heterocycles. The molecule has 5 nitrogen and oxygen atoms in total. The highest BCUT2D eigenvalue weighted by Crippen LogP contribution is 2.32. The van der Waals surface area contributed by atoms with Crippen LogP contribution in [0.25, 0.3) is 21.6 Å². The minimum atomic E-state index is -0.463. The lowest BCUT2D eigenvalue weighted by Gasteiger charge is -2.05. The largest absolute Gasteiger partial charge is 0.332 e. The molecule has 1 N–H and O–H groups in total. The lowest BCUT2D eigenvalue weighted by molar-refractivity contribution is 0.102. The molecule has 0 aliphatic rings. The summed E-state index contributed by atoms with van der Waals surface area (Å²) in [5, 5.41) is 6.20. The summed E-state index contributed by atoms with van der Waals surface area (Å²) >= 11 is 7.34. The Labute approximate surface area is 163 Å². The number of rotatable bonds is 4. The summed E-state index contributed by atoms with van der Waals surface area (Å²) in [4.78, 5) is 21.4. The quantitative estimate of drug-likeness (QED) is 0.510. The van der Waals surface area contributed by atoms with Crippen LogP contribution in [0.15, 0.2) is 48.1 Å². The Kier molecular flexibility index (Phi) is 4.63. The Morgan fingerprint density at radius 2 is 2.22 bits per heavy atom. The van der Waals surface area contributed by atoms with E-state index < -0.39 is 11.7 Å². The second-order valence-corrected chi connectivity index (χ2v) is 7.08. The lowest BCUT2D eigenvalue weighted by Crippen LogP contribution is -2.12. The zero-order valence-electron chi connectivity index (χ0n) is 14.2. The molecule has 0 saturated heterocycles. The monoisotopic (exact) mass is 400 g/mol. The average Bonchev–Trinajstić information content (AvgIpc) is 3.28. The number of benzene rings is 1. The van der Waals surface area contributed by atoms with Gasteiger partial charge in [-0.3, -0.25) is 4.79 Å². The molecule has 0 spiro atoms. The summed E-state index contributed by atoms with van der Waals surface area (Å²) in [6, 6.07) is 7.67. The van der Waals surface area contributed by atoms with Gasteiger partial charge < -0.3 is 9.88 Å². The van der Waals surface area contributed by atoms with Crippen molar-refractivity contribution >= 4 is 45.6 Å². The zero-order chi connectivity index (χ0) is 19.0. The maximum Gasteiger partial charge on any atom is 0.275 e. The van der Waals surface area contributed by atoms with Crippen molar-refractivity contribution < 1.29 is 9.18 Å². The first-order valence-electron chi connectivity index (χ1n) is 8.23. The number of amides is 1. The predicted octanol–water partition coefficient (Wildman–Crippen LogP) is 5.22. The van der Waals surface area contributed by atoms with Crippen LogP contribution in [0.4, 0.5) is 10.1 Å². The number of aromatic nitrogens is 3. The molecular weight excluding hydrogens is 387 g/mol. The van der Waals surface area contributed by atoms with Crippen LogP contribution >= 0.6 is 22.9 Å². The molecule has 0 radical (unpaired) electrons. The number of carbonyl (C=O) groups excluding carboxylic acids is 1. The molecule has 0 fully saturated rings. The van der Waals surface area contributed by atoms with Crippen molar-refractivity contribution in [2.75, 3.05) is 5.32 Å². The number of thiazole rings is 1. The summed E-state index contributed by atoms with van der Waals surface area (Å²) in [5.41, 5.74) is 2.43. The second-order valence-electron chi connectivity index (χ2n) is 5.82. The first-order chi connectivity index (χ1) is 13.1. The van der Waals surface area contributed by atoms with E-state index in [0.29, 0.717) is 5.69 Å². The molecule has 136 valence electrons. The lowest BCUT2D eigenvalue weighted by atomic mass is 10.2.